The Kier molecular flexibility index (Phi) is 8.33. The van der Waals surface area contributed by atoms with Crippen molar-refractivity contribution in [1.82, 2.24) is 5.32 Å². The number of hydrogen-bond acceptors (Lipinski definition) is 3. The number of halogens is 2. The molecule has 0 fully saturated rings. The van der Waals surface area contributed by atoms with E-state index in [1.807, 2.05) is 36.4 Å². The molecule has 27 heavy (non-hydrogen) atoms. The lowest BCUT2D eigenvalue weighted by Gasteiger charge is -2.19. The number of benzene rings is 2. The van der Waals surface area contributed by atoms with Crippen LogP contribution >= 0.6 is 35.0 Å². The van der Waals surface area contributed by atoms with Crippen molar-refractivity contribution in [3.8, 4) is 5.75 Å². The molecule has 6 heteroatoms. The molecule has 0 aromatic heterocycles. The van der Waals surface area contributed by atoms with Crippen molar-refractivity contribution in [1.29, 1.82) is 0 Å². The van der Waals surface area contributed by atoms with Crippen molar-refractivity contribution in [2.45, 2.75) is 31.9 Å². The summed E-state index contributed by atoms with van der Waals surface area (Å²) < 4.78 is 5.54. The van der Waals surface area contributed by atoms with Crippen LogP contribution in [0.25, 0.3) is 0 Å². The van der Waals surface area contributed by atoms with Crippen LogP contribution in [0.4, 0.5) is 0 Å². The van der Waals surface area contributed by atoms with Crippen LogP contribution in [0.2, 0.25) is 10.0 Å². The highest BCUT2D eigenvalue weighted by Gasteiger charge is 2.13. The lowest BCUT2D eigenvalue weighted by atomic mass is 9.87. The Morgan fingerprint density at radius 3 is 2.41 bits per heavy atom. The van der Waals surface area contributed by atoms with Crippen LogP contribution in [0.1, 0.15) is 31.9 Å². The third-order valence-corrected chi connectivity index (χ3v) is 5.68. The van der Waals surface area contributed by atoms with Crippen LogP contribution in [0.15, 0.2) is 42.5 Å². The monoisotopic (exact) mass is 425 g/mol. The molecule has 0 saturated heterocycles. The first-order chi connectivity index (χ1) is 12.8. The van der Waals surface area contributed by atoms with Gasteiger partial charge in [-0.1, -0.05) is 62.2 Å². The fraction of sp³-hybridized carbons (Fsp3) is 0.381. The maximum atomic E-state index is 11.9. The summed E-state index contributed by atoms with van der Waals surface area (Å²) in [4.78, 5) is 11.9. The van der Waals surface area contributed by atoms with E-state index in [4.69, 9.17) is 27.9 Å². The maximum Gasteiger partial charge on any atom is 0.257 e. The summed E-state index contributed by atoms with van der Waals surface area (Å²) in [6.07, 6.45) is 0. The topological polar surface area (TPSA) is 38.3 Å². The molecule has 0 radical (unpaired) electrons. The maximum absolute atomic E-state index is 11.9. The minimum atomic E-state index is -0.120. The Bertz CT molecular complexity index is 758. The van der Waals surface area contributed by atoms with Gasteiger partial charge in [-0.2, -0.15) is 11.8 Å². The lowest BCUT2D eigenvalue weighted by Crippen LogP contribution is -2.30. The molecule has 0 spiro atoms. The first-order valence-corrected chi connectivity index (χ1v) is 10.7. The average molecular weight is 426 g/mol. The number of rotatable bonds is 8. The average Bonchev–Trinajstić information content (AvgIpc) is 2.62. The summed E-state index contributed by atoms with van der Waals surface area (Å²) in [5.74, 6) is 2.22. The number of nitrogens with one attached hydrogen (secondary N) is 1. The van der Waals surface area contributed by atoms with E-state index in [-0.39, 0.29) is 17.9 Å². The van der Waals surface area contributed by atoms with E-state index in [1.54, 1.807) is 17.8 Å². The van der Waals surface area contributed by atoms with Gasteiger partial charge in [0, 0.05) is 18.1 Å². The summed E-state index contributed by atoms with van der Waals surface area (Å²) in [5.41, 5.74) is 2.45. The highest BCUT2D eigenvalue weighted by atomic mass is 35.5. The molecule has 2 aromatic rings. The number of hydrogen-bond donors (Lipinski definition) is 1. The quantitative estimate of drug-likeness (QED) is 0.549. The van der Waals surface area contributed by atoms with Crippen molar-refractivity contribution in [3.05, 3.63) is 63.6 Å². The summed E-state index contributed by atoms with van der Waals surface area (Å²) in [7, 11) is 0. The van der Waals surface area contributed by atoms with Crippen molar-refractivity contribution < 1.29 is 9.53 Å². The highest BCUT2D eigenvalue weighted by molar-refractivity contribution is 7.98. The molecule has 146 valence electrons. The van der Waals surface area contributed by atoms with Crippen molar-refractivity contribution >= 4 is 40.9 Å². The van der Waals surface area contributed by atoms with Gasteiger partial charge in [0.1, 0.15) is 5.75 Å². The second-order valence-electron chi connectivity index (χ2n) is 7.21. The van der Waals surface area contributed by atoms with E-state index in [9.17, 15) is 4.79 Å². The van der Waals surface area contributed by atoms with E-state index in [0.29, 0.717) is 22.3 Å². The summed E-state index contributed by atoms with van der Waals surface area (Å²) in [5, 5.41) is 3.99. The van der Waals surface area contributed by atoms with Crippen LogP contribution in [-0.4, -0.2) is 24.8 Å². The first kappa shape index (κ1) is 21.9. The van der Waals surface area contributed by atoms with Gasteiger partial charge in [-0.15, -0.1) is 0 Å². The minimum Gasteiger partial charge on any atom is -0.484 e. The standard InChI is InChI=1S/C21H25Cl2NO2S/c1-21(2,3)16-5-7-17(8-6-16)26-13-20(25)24-10-11-27-14-15-4-9-18(22)19(23)12-15/h4-9,12H,10-11,13-14H2,1-3H3,(H,24,25). The molecule has 0 heterocycles. The molecule has 0 aliphatic heterocycles. The van der Waals surface area contributed by atoms with Crippen molar-refractivity contribution in [2.75, 3.05) is 18.9 Å². The molecule has 3 nitrogen and oxygen atoms in total. The third kappa shape index (κ3) is 7.65. The molecule has 0 bridgehead atoms. The predicted octanol–water partition coefficient (Wildman–Crippen LogP) is 5.72. The van der Waals surface area contributed by atoms with Gasteiger partial charge in [0.05, 0.1) is 10.0 Å². The second kappa shape index (κ2) is 10.3. The largest absolute Gasteiger partial charge is 0.484 e. The molecular weight excluding hydrogens is 401 g/mol. The normalized spacial score (nSPS) is 11.3. The summed E-state index contributed by atoms with van der Waals surface area (Å²) >= 11 is 13.6. The summed E-state index contributed by atoms with van der Waals surface area (Å²) in [6.45, 7) is 7.10. The van der Waals surface area contributed by atoms with Crippen molar-refractivity contribution in [3.63, 3.8) is 0 Å². The molecule has 0 unspecified atom stereocenters. The number of carbonyl (C=O) groups is 1. The van der Waals surface area contributed by atoms with Crippen LogP contribution < -0.4 is 10.1 Å². The molecule has 0 aliphatic rings. The Balaban J connectivity index is 1.62. The van der Waals surface area contributed by atoms with Gasteiger partial charge >= 0.3 is 0 Å². The molecule has 1 N–H and O–H groups in total. The van der Waals surface area contributed by atoms with E-state index in [2.05, 4.69) is 26.1 Å². The lowest BCUT2D eigenvalue weighted by molar-refractivity contribution is -0.122. The SMILES string of the molecule is CC(C)(C)c1ccc(OCC(=O)NCCSCc2ccc(Cl)c(Cl)c2)cc1. The highest BCUT2D eigenvalue weighted by Crippen LogP contribution is 2.25. The molecule has 2 aromatic carbocycles. The van der Waals surface area contributed by atoms with E-state index < -0.39 is 0 Å². The Morgan fingerprint density at radius 1 is 1.07 bits per heavy atom. The molecule has 2 rings (SSSR count). The zero-order chi connectivity index (χ0) is 19.9. The molecular formula is C21H25Cl2NO2S. The van der Waals surface area contributed by atoms with Gasteiger partial charge in [0.25, 0.3) is 5.91 Å². The number of ether oxygens (including phenoxy) is 1. The third-order valence-electron chi connectivity index (χ3n) is 3.91. The summed E-state index contributed by atoms with van der Waals surface area (Å²) in [6, 6.07) is 13.5. The Hall–Kier alpha value is -1.36. The Morgan fingerprint density at radius 2 is 1.78 bits per heavy atom. The minimum absolute atomic E-state index is 0.0202. The number of amides is 1. The predicted molar refractivity (Wildman–Crippen MR) is 116 cm³/mol. The van der Waals surface area contributed by atoms with Crippen LogP contribution in [0, 0.1) is 0 Å². The fourth-order valence-corrected chi connectivity index (χ4v) is 3.46. The number of carbonyl (C=O) groups excluding carboxylic acids is 1. The van der Waals surface area contributed by atoms with Gasteiger partial charge in [0.2, 0.25) is 0 Å². The molecule has 1 amide bonds. The molecule has 0 saturated carbocycles. The van der Waals surface area contributed by atoms with Gasteiger partial charge in [-0.3, -0.25) is 4.79 Å². The van der Waals surface area contributed by atoms with Crippen LogP contribution in [0.5, 0.6) is 5.75 Å². The van der Waals surface area contributed by atoms with Crippen molar-refractivity contribution in [2.24, 2.45) is 0 Å². The van der Waals surface area contributed by atoms with E-state index in [0.717, 1.165) is 17.1 Å². The number of thioether (sulfide) groups is 1. The van der Waals surface area contributed by atoms with E-state index in [1.165, 1.54) is 5.56 Å². The zero-order valence-electron chi connectivity index (χ0n) is 15.9. The van der Waals surface area contributed by atoms with Crippen LogP contribution in [-0.2, 0) is 16.0 Å². The molecule has 0 aliphatic carbocycles. The smallest absolute Gasteiger partial charge is 0.257 e. The van der Waals surface area contributed by atoms with Gasteiger partial charge in [0.15, 0.2) is 6.61 Å². The van der Waals surface area contributed by atoms with Gasteiger partial charge in [-0.25, -0.2) is 0 Å². The Labute approximate surface area is 175 Å². The van der Waals surface area contributed by atoms with E-state index >= 15 is 0 Å². The molecule has 0 atom stereocenters. The second-order valence-corrected chi connectivity index (χ2v) is 9.13. The first-order valence-electron chi connectivity index (χ1n) is 8.77. The zero-order valence-corrected chi connectivity index (χ0v) is 18.2. The van der Waals surface area contributed by atoms with Gasteiger partial charge in [-0.05, 0) is 40.8 Å². The fourth-order valence-electron chi connectivity index (χ4n) is 2.33. The van der Waals surface area contributed by atoms with Gasteiger partial charge < -0.3 is 10.1 Å². The van der Waals surface area contributed by atoms with Crippen LogP contribution in [0.3, 0.4) is 0 Å².